The van der Waals surface area contributed by atoms with Crippen molar-refractivity contribution in [2.45, 2.75) is 13.3 Å². The Labute approximate surface area is 126 Å². The average molecular weight is 307 g/mol. The first kappa shape index (κ1) is 14.0. The van der Waals surface area contributed by atoms with Crippen LogP contribution in [0.1, 0.15) is 11.4 Å². The van der Waals surface area contributed by atoms with Crippen LogP contribution in [0.3, 0.4) is 0 Å². The van der Waals surface area contributed by atoms with Crippen molar-refractivity contribution in [3.8, 4) is 5.69 Å². The van der Waals surface area contributed by atoms with Gasteiger partial charge in [-0.1, -0.05) is 12.1 Å². The number of halogens is 3. The lowest BCUT2D eigenvalue weighted by Crippen LogP contribution is -2.04. The molecule has 3 aromatic rings. The summed E-state index contributed by atoms with van der Waals surface area (Å²) in [5.74, 6) is -0.787. The minimum atomic E-state index is -0.887. The lowest BCUT2D eigenvalue weighted by molar-refractivity contribution is 0.514. The number of nitrogens with zero attached hydrogens (tertiary/aromatic N) is 2. The maximum Gasteiger partial charge on any atom is 0.185 e. The molecular formula is C16H13ClF2N2. The van der Waals surface area contributed by atoms with Gasteiger partial charge in [-0.15, -0.1) is 11.6 Å². The predicted molar refractivity (Wildman–Crippen MR) is 80.1 cm³/mol. The second-order valence-electron chi connectivity index (χ2n) is 4.87. The van der Waals surface area contributed by atoms with Crippen LogP contribution in [0.2, 0.25) is 0 Å². The van der Waals surface area contributed by atoms with Crippen molar-refractivity contribution < 1.29 is 8.78 Å². The maximum atomic E-state index is 14.2. The van der Waals surface area contributed by atoms with Gasteiger partial charge >= 0.3 is 0 Å². The molecule has 3 rings (SSSR count). The summed E-state index contributed by atoms with van der Waals surface area (Å²) >= 11 is 5.80. The van der Waals surface area contributed by atoms with E-state index in [4.69, 9.17) is 11.6 Å². The highest BCUT2D eigenvalue weighted by Crippen LogP contribution is 2.26. The van der Waals surface area contributed by atoms with Gasteiger partial charge in [0, 0.05) is 18.0 Å². The number of benzene rings is 2. The Morgan fingerprint density at radius 3 is 2.71 bits per heavy atom. The third-order valence-electron chi connectivity index (χ3n) is 3.36. The number of imidazole rings is 1. The monoisotopic (exact) mass is 306 g/mol. The van der Waals surface area contributed by atoms with Crippen LogP contribution in [0.5, 0.6) is 0 Å². The summed E-state index contributed by atoms with van der Waals surface area (Å²) in [6, 6.07) is 10.1. The number of rotatable bonds is 3. The maximum absolute atomic E-state index is 14.2. The summed E-state index contributed by atoms with van der Waals surface area (Å²) in [6.45, 7) is 1.95. The van der Waals surface area contributed by atoms with Crippen LogP contribution in [-0.2, 0) is 6.42 Å². The van der Waals surface area contributed by atoms with Gasteiger partial charge in [-0.25, -0.2) is 13.8 Å². The van der Waals surface area contributed by atoms with E-state index in [-0.39, 0.29) is 5.52 Å². The molecule has 1 heterocycles. The van der Waals surface area contributed by atoms with Crippen molar-refractivity contribution in [3.63, 3.8) is 0 Å². The first-order valence-electron chi connectivity index (χ1n) is 6.60. The summed E-state index contributed by atoms with van der Waals surface area (Å²) in [6.07, 6.45) is 0.477. The number of alkyl halides is 1. The highest BCUT2D eigenvalue weighted by Gasteiger charge is 2.18. The summed E-state index contributed by atoms with van der Waals surface area (Å²) in [4.78, 5) is 4.38. The predicted octanol–water partition coefficient (Wildman–Crippen LogP) is 4.39. The average Bonchev–Trinajstić information content (AvgIpc) is 2.82. The summed E-state index contributed by atoms with van der Waals surface area (Å²) < 4.78 is 29.4. The van der Waals surface area contributed by atoms with Gasteiger partial charge in [-0.3, -0.25) is 4.57 Å². The van der Waals surface area contributed by atoms with Gasteiger partial charge in [0.2, 0.25) is 0 Å². The number of aromatic nitrogens is 2. The van der Waals surface area contributed by atoms with Gasteiger partial charge in [-0.05, 0) is 36.8 Å². The van der Waals surface area contributed by atoms with E-state index in [2.05, 4.69) is 4.98 Å². The van der Waals surface area contributed by atoms with Crippen molar-refractivity contribution in [1.29, 1.82) is 0 Å². The van der Waals surface area contributed by atoms with Crippen molar-refractivity contribution in [2.24, 2.45) is 0 Å². The molecule has 1 aromatic heterocycles. The fourth-order valence-corrected chi connectivity index (χ4v) is 2.62. The van der Waals surface area contributed by atoms with Crippen LogP contribution >= 0.6 is 11.6 Å². The molecule has 2 nitrogen and oxygen atoms in total. The lowest BCUT2D eigenvalue weighted by Gasteiger charge is -2.10. The molecule has 0 amide bonds. The highest BCUT2D eigenvalue weighted by molar-refractivity contribution is 6.17. The zero-order valence-corrected chi connectivity index (χ0v) is 12.2. The van der Waals surface area contributed by atoms with Crippen molar-refractivity contribution in [1.82, 2.24) is 9.55 Å². The van der Waals surface area contributed by atoms with Crippen LogP contribution in [0, 0.1) is 18.6 Å². The van der Waals surface area contributed by atoms with E-state index >= 15 is 0 Å². The third-order valence-corrected chi connectivity index (χ3v) is 3.55. The molecule has 0 aliphatic rings. The number of aryl methyl sites for hydroxylation is 2. The van der Waals surface area contributed by atoms with E-state index in [0.29, 0.717) is 23.6 Å². The lowest BCUT2D eigenvalue weighted by atomic mass is 10.2. The van der Waals surface area contributed by atoms with E-state index in [0.717, 1.165) is 17.3 Å². The molecule has 108 valence electrons. The van der Waals surface area contributed by atoms with E-state index in [1.165, 1.54) is 6.07 Å². The van der Waals surface area contributed by atoms with Crippen LogP contribution in [0.4, 0.5) is 8.78 Å². The van der Waals surface area contributed by atoms with Gasteiger partial charge in [-0.2, -0.15) is 0 Å². The first-order chi connectivity index (χ1) is 10.1. The highest BCUT2D eigenvalue weighted by atomic mass is 35.5. The van der Waals surface area contributed by atoms with E-state index < -0.39 is 11.6 Å². The SMILES string of the molecule is Cc1cccc(-n2c(CCCl)nc3ccc(F)c(F)c32)c1. The molecule has 0 aliphatic heterocycles. The fraction of sp³-hybridized carbons (Fsp3) is 0.188. The molecule has 0 aliphatic carbocycles. The smallest absolute Gasteiger partial charge is 0.185 e. The Balaban J connectivity index is 2.37. The van der Waals surface area contributed by atoms with E-state index in [1.807, 2.05) is 31.2 Å². The minimum absolute atomic E-state index is 0.153. The Morgan fingerprint density at radius 2 is 2.00 bits per heavy atom. The van der Waals surface area contributed by atoms with Gasteiger partial charge in [0.05, 0.1) is 5.52 Å². The Bertz CT molecular complexity index is 811. The van der Waals surface area contributed by atoms with Gasteiger partial charge in [0.15, 0.2) is 11.6 Å². The molecule has 0 fully saturated rings. The van der Waals surface area contributed by atoms with Crippen molar-refractivity contribution >= 4 is 22.6 Å². The standard InChI is InChI=1S/C16H13ClF2N2/c1-10-3-2-4-11(9-10)21-14(7-8-17)20-13-6-5-12(18)15(19)16(13)21/h2-6,9H,7-8H2,1H3. The molecule has 0 saturated heterocycles. The van der Waals surface area contributed by atoms with Crippen LogP contribution in [0.25, 0.3) is 16.7 Å². The van der Waals surface area contributed by atoms with E-state index in [1.54, 1.807) is 4.57 Å². The Hall–Kier alpha value is -1.94. The molecule has 0 saturated carbocycles. The molecule has 0 bridgehead atoms. The normalized spacial score (nSPS) is 11.2. The van der Waals surface area contributed by atoms with Crippen LogP contribution < -0.4 is 0 Å². The van der Waals surface area contributed by atoms with Crippen molar-refractivity contribution in [3.05, 3.63) is 59.4 Å². The number of fused-ring (bicyclic) bond motifs is 1. The van der Waals surface area contributed by atoms with E-state index in [9.17, 15) is 8.78 Å². The summed E-state index contributed by atoms with van der Waals surface area (Å²) in [7, 11) is 0. The fourth-order valence-electron chi connectivity index (χ4n) is 2.45. The molecule has 0 atom stereocenters. The molecule has 0 unspecified atom stereocenters. The zero-order valence-electron chi connectivity index (χ0n) is 11.4. The van der Waals surface area contributed by atoms with Crippen LogP contribution in [-0.4, -0.2) is 15.4 Å². The quantitative estimate of drug-likeness (QED) is 0.656. The molecule has 5 heteroatoms. The zero-order chi connectivity index (χ0) is 15.0. The van der Waals surface area contributed by atoms with Crippen LogP contribution in [0.15, 0.2) is 36.4 Å². The molecule has 2 aromatic carbocycles. The Kier molecular flexibility index (Phi) is 3.64. The second-order valence-corrected chi connectivity index (χ2v) is 5.25. The third kappa shape index (κ3) is 2.40. The molecule has 0 N–H and O–H groups in total. The Morgan fingerprint density at radius 1 is 1.19 bits per heavy atom. The largest absolute Gasteiger partial charge is 0.293 e. The minimum Gasteiger partial charge on any atom is -0.293 e. The first-order valence-corrected chi connectivity index (χ1v) is 7.13. The topological polar surface area (TPSA) is 17.8 Å². The van der Waals surface area contributed by atoms with Gasteiger partial charge in [0.1, 0.15) is 11.3 Å². The van der Waals surface area contributed by atoms with Gasteiger partial charge in [0.25, 0.3) is 0 Å². The number of hydrogen-bond acceptors (Lipinski definition) is 1. The summed E-state index contributed by atoms with van der Waals surface area (Å²) in [5.41, 5.74) is 2.36. The van der Waals surface area contributed by atoms with Gasteiger partial charge < -0.3 is 0 Å². The molecular weight excluding hydrogens is 294 g/mol. The van der Waals surface area contributed by atoms with Crippen molar-refractivity contribution in [2.75, 3.05) is 5.88 Å². The second kappa shape index (κ2) is 5.45. The number of hydrogen-bond donors (Lipinski definition) is 0. The summed E-state index contributed by atoms with van der Waals surface area (Å²) in [5, 5.41) is 0. The molecule has 0 radical (unpaired) electrons. The molecule has 21 heavy (non-hydrogen) atoms. The molecule has 0 spiro atoms.